The number of amides is 2. The lowest BCUT2D eigenvalue weighted by molar-refractivity contribution is -0.113. The van der Waals surface area contributed by atoms with E-state index >= 15 is 0 Å². The predicted molar refractivity (Wildman–Crippen MR) is 79.1 cm³/mol. The fraction of sp³-hybridized carbons (Fsp3) is 0.143. The highest BCUT2D eigenvalue weighted by Crippen LogP contribution is 2.24. The van der Waals surface area contributed by atoms with Gasteiger partial charge in [0.05, 0.1) is 0 Å². The number of anilines is 1. The number of nitrogens with zero attached hydrogens (tertiary/aromatic N) is 1. The second kappa shape index (κ2) is 6.86. The summed E-state index contributed by atoms with van der Waals surface area (Å²) in [6.45, 7) is 0. The van der Waals surface area contributed by atoms with Crippen molar-refractivity contribution < 1.29 is 18.9 Å². The number of benzene rings is 1. The topological polar surface area (TPSA) is 101 Å². The monoisotopic (exact) mass is 321 g/mol. The van der Waals surface area contributed by atoms with Gasteiger partial charge in [0.25, 0.3) is 5.91 Å². The molecule has 2 amide bonds. The van der Waals surface area contributed by atoms with Gasteiger partial charge in [0.15, 0.2) is 5.69 Å². The number of aromatic nitrogens is 1. The van der Waals surface area contributed by atoms with Crippen LogP contribution in [0.3, 0.4) is 0 Å². The zero-order valence-electron chi connectivity index (χ0n) is 11.6. The van der Waals surface area contributed by atoms with E-state index in [1.165, 1.54) is 7.05 Å². The van der Waals surface area contributed by atoms with E-state index in [1.54, 1.807) is 30.3 Å². The van der Waals surface area contributed by atoms with Gasteiger partial charge in [-0.1, -0.05) is 35.5 Å². The molecule has 0 saturated carbocycles. The summed E-state index contributed by atoms with van der Waals surface area (Å²) >= 11 is 5.44. The summed E-state index contributed by atoms with van der Waals surface area (Å²) in [5.41, 5.74) is 0.0441. The van der Waals surface area contributed by atoms with Crippen molar-refractivity contribution in [3.8, 4) is 0 Å². The van der Waals surface area contributed by atoms with Gasteiger partial charge in [-0.2, -0.15) is 0 Å². The van der Waals surface area contributed by atoms with Crippen LogP contribution < -0.4 is 10.6 Å². The zero-order chi connectivity index (χ0) is 16.1. The van der Waals surface area contributed by atoms with Crippen LogP contribution in [0.15, 0.2) is 34.9 Å². The average Bonchev–Trinajstić information content (AvgIpc) is 2.97. The Bertz CT molecular complexity index is 712. The molecule has 0 bridgehead atoms. The molecule has 0 aliphatic carbocycles. The lowest BCUT2D eigenvalue weighted by atomic mass is 10.1. The SMILES string of the molecule is CNC(=O)c1noc(C(=O)c2ccccc2)c1NC(=O)CCl. The van der Waals surface area contributed by atoms with Gasteiger partial charge < -0.3 is 15.2 Å². The average molecular weight is 322 g/mol. The Labute approximate surface area is 130 Å². The third-order valence-electron chi connectivity index (χ3n) is 2.76. The van der Waals surface area contributed by atoms with E-state index in [9.17, 15) is 14.4 Å². The molecule has 114 valence electrons. The molecule has 1 aromatic carbocycles. The van der Waals surface area contributed by atoms with Crippen LogP contribution in [-0.4, -0.2) is 35.7 Å². The minimum absolute atomic E-state index is 0.0983. The van der Waals surface area contributed by atoms with Gasteiger partial charge in [0.2, 0.25) is 17.5 Å². The van der Waals surface area contributed by atoms with Crippen LogP contribution in [0, 0.1) is 0 Å². The number of halogens is 1. The Morgan fingerprint density at radius 2 is 1.91 bits per heavy atom. The van der Waals surface area contributed by atoms with Gasteiger partial charge >= 0.3 is 0 Å². The van der Waals surface area contributed by atoms with E-state index < -0.39 is 17.6 Å². The quantitative estimate of drug-likeness (QED) is 0.641. The van der Waals surface area contributed by atoms with Crippen molar-refractivity contribution in [2.45, 2.75) is 0 Å². The highest BCUT2D eigenvalue weighted by Gasteiger charge is 2.27. The van der Waals surface area contributed by atoms with Crippen LogP contribution in [-0.2, 0) is 4.79 Å². The largest absolute Gasteiger partial charge is 0.354 e. The van der Waals surface area contributed by atoms with Crippen molar-refractivity contribution >= 4 is 34.9 Å². The first-order chi connectivity index (χ1) is 10.6. The summed E-state index contributed by atoms with van der Waals surface area (Å²) in [5.74, 6) is -2.26. The fourth-order valence-electron chi connectivity index (χ4n) is 1.73. The number of ketones is 1. The molecule has 1 heterocycles. The van der Waals surface area contributed by atoms with Crippen LogP contribution >= 0.6 is 11.6 Å². The second-order valence-corrected chi connectivity index (χ2v) is 4.46. The number of hydrogen-bond donors (Lipinski definition) is 2. The predicted octanol–water partition coefficient (Wildman–Crippen LogP) is 1.44. The first-order valence-electron chi connectivity index (χ1n) is 6.25. The fourth-order valence-corrected chi connectivity index (χ4v) is 1.79. The molecule has 2 N–H and O–H groups in total. The molecule has 2 rings (SSSR count). The van der Waals surface area contributed by atoms with Crippen molar-refractivity contribution in [1.29, 1.82) is 0 Å². The summed E-state index contributed by atoms with van der Waals surface area (Å²) < 4.78 is 4.96. The van der Waals surface area contributed by atoms with E-state index in [0.29, 0.717) is 5.56 Å². The first-order valence-corrected chi connectivity index (χ1v) is 6.79. The lowest BCUT2D eigenvalue weighted by Crippen LogP contribution is -2.22. The molecule has 0 unspecified atom stereocenters. The van der Waals surface area contributed by atoms with E-state index in [2.05, 4.69) is 15.8 Å². The molecule has 0 saturated heterocycles. The maximum Gasteiger partial charge on any atom is 0.275 e. The van der Waals surface area contributed by atoms with Gasteiger partial charge in [0.1, 0.15) is 11.6 Å². The van der Waals surface area contributed by atoms with Crippen molar-refractivity contribution in [2.75, 3.05) is 18.2 Å². The van der Waals surface area contributed by atoms with Crippen LogP contribution in [0.4, 0.5) is 5.69 Å². The minimum Gasteiger partial charge on any atom is -0.354 e. The molecule has 0 spiro atoms. The summed E-state index contributed by atoms with van der Waals surface area (Å²) in [6, 6.07) is 8.28. The smallest absolute Gasteiger partial charge is 0.275 e. The number of nitrogens with one attached hydrogen (secondary N) is 2. The molecule has 22 heavy (non-hydrogen) atoms. The van der Waals surface area contributed by atoms with E-state index in [4.69, 9.17) is 16.1 Å². The van der Waals surface area contributed by atoms with E-state index in [-0.39, 0.29) is 23.0 Å². The maximum absolute atomic E-state index is 12.4. The highest BCUT2D eigenvalue weighted by molar-refractivity contribution is 6.29. The molecule has 8 heteroatoms. The third kappa shape index (κ3) is 3.15. The highest BCUT2D eigenvalue weighted by atomic mass is 35.5. The number of rotatable bonds is 5. The number of carbonyl (C=O) groups is 3. The Kier molecular flexibility index (Phi) is 4.90. The van der Waals surface area contributed by atoms with Crippen LogP contribution in [0.5, 0.6) is 0 Å². The normalized spacial score (nSPS) is 10.1. The lowest BCUT2D eigenvalue weighted by Gasteiger charge is -2.04. The molecular formula is C14H12ClN3O4. The molecule has 7 nitrogen and oxygen atoms in total. The Hall–Kier alpha value is -2.67. The molecule has 1 aromatic heterocycles. The van der Waals surface area contributed by atoms with Crippen LogP contribution in [0.2, 0.25) is 0 Å². The Morgan fingerprint density at radius 1 is 1.23 bits per heavy atom. The second-order valence-electron chi connectivity index (χ2n) is 4.19. The number of carbonyl (C=O) groups excluding carboxylic acids is 3. The van der Waals surface area contributed by atoms with Crippen molar-refractivity contribution in [1.82, 2.24) is 10.5 Å². The molecule has 0 aliphatic rings. The van der Waals surface area contributed by atoms with E-state index in [0.717, 1.165) is 0 Å². The Morgan fingerprint density at radius 3 is 2.50 bits per heavy atom. The summed E-state index contributed by atoms with van der Waals surface area (Å²) in [7, 11) is 1.39. The maximum atomic E-state index is 12.4. The molecule has 0 atom stereocenters. The van der Waals surface area contributed by atoms with Crippen LogP contribution in [0.25, 0.3) is 0 Å². The van der Waals surface area contributed by atoms with E-state index in [1.807, 2.05) is 0 Å². The standard InChI is InChI=1S/C14H12ClN3O4/c1-16-14(21)11-10(17-9(19)7-15)13(22-18-11)12(20)8-5-3-2-4-6-8/h2-6H,7H2,1H3,(H,16,21)(H,17,19). The van der Waals surface area contributed by atoms with Gasteiger partial charge in [-0.25, -0.2) is 0 Å². The van der Waals surface area contributed by atoms with Gasteiger partial charge in [0, 0.05) is 12.6 Å². The van der Waals surface area contributed by atoms with Gasteiger partial charge in [-0.05, 0) is 0 Å². The summed E-state index contributed by atoms with van der Waals surface area (Å²) in [6.07, 6.45) is 0. The van der Waals surface area contributed by atoms with Crippen molar-refractivity contribution in [2.24, 2.45) is 0 Å². The van der Waals surface area contributed by atoms with Crippen molar-refractivity contribution in [3.63, 3.8) is 0 Å². The molecule has 0 aliphatic heterocycles. The first kappa shape index (κ1) is 15.7. The third-order valence-corrected chi connectivity index (χ3v) is 3.00. The van der Waals surface area contributed by atoms with Crippen molar-refractivity contribution in [3.05, 3.63) is 47.3 Å². The molecular weight excluding hydrogens is 310 g/mol. The van der Waals surface area contributed by atoms with Gasteiger partial charge in [-0.15, -0.1) is 11.6 Å². The Balaban J connectivity index is 2.47. The molecule has 0 radical (unpaired) electrons. The number of alkyl halides is 1. The molecule has 2 aromatic rings. The van der Waals surface area contributed by atoms with Gasteiger partial charge in [-0.3, -0.25) is 14.4 Å². The summed E-state index contributed by atoms with van der Waals surface area (Å²) in [4.78, 5) is 35.7. The summed E-state index contributed by atoms with van der Waals surface area (Å²) in [5, 5.41) is 8.27. The minimum atomic E-state index is -0.597. The van der Waals surface area contributed by atoms with Crippen LogP contribution in [0.1, 0.15) is 26.6 Å². The zero-order valence-corrected chi connectivity index (χ0v) is 12.3. The number of hydrogen-bond acceptors (Lipinski definition) is 5. The molecule has 0 fully saturated rings.